The summed E-state index contributed by atoms with van der Waals surface area (Å²) in [5.74, 6) is 1.68. The summed E-state index contributed by atoms with van der Waals surface area (Å²) in [6, 6.07) is 15.7. The number of nitrogens with one attached hydrogen (secondary N) is 1. The molecule has 0 atom stereocenters. The molecule has 3 rings (SSSR count). The number of thioether (sulfide) groups is 1. The van der Waals surface area contributed by atoms with Gasteiger partial charge in [0.15, 0.2) is 6.61 Å². The van der Waals surface area contributed by atoms with Gasteiger partial charge >= 0.3 is 0 Å². The topological polar surface area (TPSA) is 77.2 Å². The van der Waals surface area contributed by atoms with Gasteiger partial charge in [0.1, 0.15) is 5.75 Å². The van der Waals surface area contributed by atoms with E-state index in [2.05, 4.69) is 36.3 Å². The normalized spacial score (nSPS) is 10.9. The van der Waals surface area contributed by atoms with Crippen LogP contribution in [0.1, 0.15) is 43.7 Å². The van der Waals surface area contributed by atoms with E-state index in [1.807, 2.05) is 48.5 Å². The van der Waals surface area contributed by atoms with Crippen LogP contribution < -0.4 is 10.1 Å². The van der Waals surface area contributed by atoms with Crippen LogP contribution in [0, 0.1) is 0 Å². The number of anilines is 1. The Labute approximate surface area is 175 Å². The van der Waals surface area contributed by atoms with Crippen molar-refractivity contribution in [3.8, 4) is 5.75 Å². The Morgan fingerprint density at radius 2 is 1.90 bits per heavy atom. The fourth-order valence-corrected chi connectivity index (χ4v) is 3.29. The molecule has 0 radical (unpaired) electrons. The van der Waals surface area contributed by atoms with Crippen LogP contribution in [0.3, 0.4) is 0 Å². The van der Waals surface area contributed by atoms with Gasteiger partial charge in [-0.1, -0.05) is 62.9 Å². The number of para-hydroxylation sites is 1. The van der Waals surface area contributed by atoms with Crippen LogP contribution in [0.15, 0.2) is 58.2 Å². The molecule has 3 aromatic rings. The predicted octanol–water partition coefficient (Wildman–Crippen LogP) is 5.07. The number of carbonyl (C=O) groups is 1. The molecule has 2 aromatic carbocycles. The Kier molecular flexibility index (Phi) is 7.30. The summed E-state index contributed by atoms with van der Waals surface area (Å²) in [5.41, 5.74) is 3.20. The predicted molar refractivity (Wildman–Crippen MR) is 114 cm³/mol. The first-order valence-electron chi connectivity index (χ1n) is 9.61. The molecule has 152 valence electrons. The van der Waals surface area contributed by atoms with E-state index in [0.29, 0.717) is 17.0 Å². The van der Waals surface area contributed by atoms with Gasteiger partial charge in [-0.3, -0.25) is 4.79 Å². The van der Waals surface area contributed by atoms with Gasteiger partial charge in [0.05, 0.1) is 5.75 Å². The second-order valence-electron chi connectivity index (χ2n) is 6.82. The van der Waals surface area contributed by atoms with Crippen molar-refractivity contribution < 1.29 is 13.9 Å². The maximum Gasteiger partial charge on any atom is 0.277 e. The molecule has 1 amide bonds. The summed E-state index contributed by atoms with van der Waals surface area (Å²) in [7, 11) is 0. The number of rotatable bonds is 9. The highest BCUT2D eigenvalue weighted by Crippen LogP contribution is 2.21. The smallest absolute Gasteiger partial charge is 0.277 e. The third-order valence-corrected chi connectivity index (χ3v) is 5.17. The zero-order valence-corrected chi connectivity index (χ0v) is 17.7. The minimum atomic E-state index is -0.114. The number of aryl methyl sites for hydroxylation is 1. The number of benzene rings is 2. The number of hydrogen-bond donors (Lipinski definition) is 1. The highest BCUT2D eigenvalue weighted by atomic mass is 32.2. The van der Waals surface area contributed by atoms with Gasteiger partial charge in [0, 0.05) is 5.69 Å². The van der Waals surface area contributed by atoms with Crippen molar-refractivity contribution in [3.05, 3.63) is 65.5 Å². The van der Waals surface area contributed by atoms with Crippen molar-refractivity contribution in [2.24, 2.45) is 0 Å². The molecule has 29 heavy (non-hydrogen) atoms. The maximum atomic E-state index is 12.2. The van der Waals surface area contributed by atoms with E-state index < -0.39 is 0 Å². The number of nitrogens with zero attached hydrogens (tertiary/aromatic N) is 2. The molecule has 0 aliphatic heterocycles. The Morgan fingerprint density at radius 3 is 2.62 bits per heavy atom. The van der Waals surface area contributed by atoms with Crippen LogP contribution >= 0.6 is 11.8 Å². The van der Waals surface area contributed by atoms with Crippen molar-refractivity contribution in [2.75, 3.05) is 11.1 Å². The number of aromatic nitrogens is 2. The summed E-state index contributed by atoms with van der Waals surface area (Å²) >= 11 is 1.20. The lowest BCUT2D eigenvalue weighted by molar-refractivity contribution is -0.113. The van der Waals surface area contributed by atoms with Gasteiger partial charge in [0.2, 0.25) is 5.91 Å². The summed E-state index contributed by atoms with van der Waals surface area (Å²) < 4.78 is 11.2. The van der Waals surface area contributed by atoms with Crippen molar-refractivity contribution >= 4 is 23.4 Å². The average Bonchev–Trinajstić information content (AvgIpc) is 3.19. The average molecular weight is 412 g/mol. The second kappa shape index (κ2) is 10.1. The van der Waals surface area contributed by atoms with Crippen LogP contribution in [0.5, 0.6) is 5.75 Å². The summed E-state index contributed by atoms with van der Waals surface area (Å²) in [6.45, 7) is 6.54. The molecule has 0 aliphatic carbocycles. The zero-order valence-electron chi connectivity index (χ0n) is 16.8. The molecule has 1 aromatic heterocycles. The molecule has 7 heteroatoms. The Hall–Kier alpha value is -2.80. The first-order valence-corrected chi connectivity index (χ1v) is 10.6. The SMILES string of the molecule is CCc1ccccc1NC(=O)CSc1nnc(COc2ccc(C(C)C)cc2)o1. The summed E-state index contributed by atoms with van der Waals surface area (Å²) in [4.78, 5) is 12.2. The highest BCUT2D eigenvalue weighted by molar-refractivity contribution is 7.99. The molecule has 0 bridgehead atoms. The lowest BCUT2D eigenvalue weighted by Gasteiger charge is -2.08. The quantitative estimate of drug-likeness (QED) is 0.496. The van der Waals surface area contributed by atoms with Gasteiger partial charge in [0.25, 0.3) is 11.1 Å². The lowest BCUT2D eigenvalue weighted by atomic mass is 10.0. The molecule has 1 N–H and O–H groups in total. The van der Waals surface area contributed by atoms with Crippen molar-refractivity contribution in [2.45, 2.75) is 44.9 Å². The minimum Gasteiger partial charge on any atom is -0.484 e. The maximum absolute atomic E-state index is 12.2. The van der Waals surface area contributed by atoms with Gasteiger partial charge in [-0.15, -0.1) is 10.2 Å². The Bertz CT molecular complexity index is 938. The molecule has 6 nitrogen and oxygen atoms in total. The van der Waals surface area contributed by atoms with Crippen LogP contribution in [0.2, 0.25) is 0 Å². The number of ether oxygens (including phenoxy) is 1. The molecular weight excluding hydrogens is 386 g/mol. The molecular formula is C22H25N3O3S. The summed E-state index contributed by atoms with van der Waals surface area (Å²) in [6.07, 6.45) is 0.858. The fraction of sp³-hybridized carbons (Fsp3) is 0.318. The number of amides is 1. The van der Waals surface area contributed by atoms with E-state index in [9.17, 15) is 4.79 Å². The standard InChI is InChI=1S/C22H25N3O3S/c1-4-16-7-5-6-8-19(16)23-20(26)14-29-22-25-24-21(28-22)13-27-18-11-9-17(10-12-18)15(2)3/h5-12,15H,4,13-14H2,1-3H3,(H,23,26). The van der Waals surface area contributed by atoms with Crippen LogP contribution in [-0.4, -0.2) is 21.9 Å². The molecule has 0 saturated carbocycles. The number of hydrogen-bond acceptors (Lipinski definition) is 6. The molecule has 1 heterocycles. The fourth-order valence-electron chi connectivity index (χ4n) is 2.71. The Balaban J connectivity index is 1.46. The minimum absolute atomic E-state index is 0.114. The van der Waals surface area contributed by atoms with Gasteiger partial charge in [-0.2, -0.15) is 0 Å². The molecule has 0 saturated heterocycles. The Morgan fingerprint density at radius 1 is 1.14 bits per heavy atom. The highest BCUT2D eigenvalue weighted by Gasteiger charge is 2.11. The van der Waals surface area contributed by atoms with Crippen molar-refractivity contribution in [1.82, 2.24) is 10.2 Å². The van der Waals surface area contributed by atoms with Crippen LogP contribution in [0.25, 0.3) is 0 Å². The first-order chi connectivity index (χ1) is 14.0. The van der Waals surface area contributed by atoms with Crippen LogP contribution in [-0.2, 0) is 17.8 Å². The second-order valence-corrected chi connectivity index (χ2v) is 7.75. The molecule has 0 unspecified atom stereocenters. The molecule has 0 aliphatic rings. The number of carbonyl (C=O) groups excluding carboxylic acids is 1. The lowest BCUT2D eigenvalue weighted by Crippen LogP contribution is -2.15. The third-order valence-electron chi connectivity index (χ3n) is 4.36. The largest absolute Gasteiger partial charge is 0.484 e. The van der Waals surface area contributed by atoms with E-state index in [4.69, 9.17) is 9.15 Å². The van der Waals surface area contributed by atoms with Gasteiger partial charge in [-0.25, -0.2) is 0 Å². The van der Waals surface area contributed by atoms with E-state index in [1.54, 1.807) is 0 Å². The van der Waals surface area contributed by atoms with E-state index in [0.717, 1.165) is 23.4 Å². The molecule has 0 spiro atoms. The van der Waals surface area contributed by atoms with E-state index in [-0.39, 0.29) is 18.3 Å². The van der Waals surface area contributed by atoms with Crippen molar-refractivity contribution in [1.29, 1.82) is 0 Å². The monoisotopic (exact) mass is 411 g/mol. The first kappa shape index (κ1) is 20.9. The molecule has 0 fully saturated rings. The van der Waals surface area contributed by atoms with Gasteiger partial charge < -0.3 is 14.5 Å². The zero-order chi connectivity index (χ0) is 20.6. The summed E-state index contributed by atoms with van der Waals surface area (Å²) in [5, 5.41) is 11.2. The van der Waals surface area contributed by atoms with E-state index >= 15 is 0 Å². The third kappa shape index (κ3) is 6.09. The van der Waals surface area contributed by atoms with E-state index in [1.165, 1.54) is 17.3 Å². The van der Waals surface area contributed by atoms with Crippen molar-refractivity contribution in [3.63, 3.8) is 0 Å². The van der Waals surface area contributed by atoms with Gasteiger partial charge in [-0.05, 0) is 41.7 Å². The van der Waals surface area contributed by atoms with Crippen LogP contribution in [0.4, 0.5) is 5.69 Å².